The second kappa shape index (κ2) is 8.48. The zero-order valence-electron chi connectivity index (χ0n) is 19.2. The average molecular weight is 457 g/mol. The highest BCUT2D eigenvalue weighted by molar-refractivity contribution is 5.66. The van der Waals surface area contributed by atoms with Crippen molar-refractivity contribution in [1.29, 1.82) is 0 Å². The van der Waals surface area contributed by atoms with E-state index in [1.54, 1.807) is 19.5 Å². The Kier molecular flexibility index (Phi) is 5.16. The summed E-state index contributed by atoms with van der Waals surface area (Å²) in [7, 11) is 1.64. The van der Waals surface area contributed by atoms with Crippen LogP contribution in [0.1, 0.15) is 32.1 Å². The lowest BCUT2D eigenvalue weighted by molar-refractivity contribution is 0.340. The van der Waals surface area contributed by atoms with Crippen LogP contribution in [0.4, 0.5) is 29.1 Å². The molecule has 9 heteroatoms. The van der Waals surface area contributed by atoms with Crippen molar-refractivity contribution in [1.82, 2.24) is 24.3 Å². The van der Waals surface area contributed by atoms with E-state index in [0.717, 1.165) is 41.8 Å². The van der Waals surface area contributed by atoms with Crippen LogP contribution in [0.3, 0.4) is 0 Å². The van der Waals surface area contributed by atoms with Crippen LogP contribution in [-0.2, 0) is 0 Å². The lowest BCUT2D eigenvalue weighted by Crippen LogP contribution is -2.26. The predicted octanol–water partition coefficient (Wildman–Crippen LogP) is 4.79. The van der Waals surface area contributed by atoms with Gasteiger partial charge in [0, 0.05) is 61.8 Å². The van der Waals surface area contributed by atoms with E-state index in [9.17, 15) is 0 Å². The molecule has 0 unspecified atom stereocenters. The van der Waals surface area contributed by atoms with Crippen LogP contribution < -0.4 is 20.3 Å². The molecule has 0 amide bonds. The normalized spacial score (nSPS) is 16.9. The molecule has 174 valence electrons. The summed E-state index contributed by atoms with van der Waals surface area (Å²) < 4.78 is 7.31. The summed E-state index contributed by atoms with van der Waals surface area (Å²) in [6.07, 6.45) is 14.0. The van der Waals surface area contributed by atoms with Crippen molar-refractivity contribution in [2.75, 3.05) is 35.7 Å². The van der Waals surface area contributed by atoms with Gasteiger partial charge in [0.2, 0.25) is 5.95 Å². The fourth-order valence-electron chi connectivity index (χ4n) is 5.24. The lowest BCUT2D eigenvalue weighted by Gasteiger charge is -2.24. The minimum Gasteiger partial charge on any atom is -0.497 e. The molecule has 0 bridgehead atoms. The summed E-state index contributed by atoms with van der Waals surface area (Å²) in [5.74, 6) is 3.50. The Morgan fingerprint density at radius 1 is 0.912 bits per heavy atom. The molecule has 1 aliphatic carbocycles. The van der Waals surface area contributed by atoms with Gasteiger partial charge >= 0.3 is 0 Å². The fraction of sp³-hybridized carbons (Fsp3) is 0.360. The van der Waals surface area contributed by atoms with Gasteiger partial charge < -0.3 is 24.7 Å². The maximum Gasteiger partial charge on any atom is 0.232 e. The summed E-state index contributed by atoms with van der Waals surface area (Å²) in [6, 6.07) is 9.69. The van der Waals surface area contributed by atoms with Crippen molar-refractivity contribution in [2.45, 2.75) is 32.1 Å². The van der Waals surface area contributed by atoms with Gasteiger partial charge in [0.1, 0.15) is 28.9 Å². The van der Waals surface area contributed by atoms with Crippen LogP contribution in [0.2, 0.25) is 0 Å². The summed E-state index contributed by atoms with van der Waals surface area (Å²) in [6.45, 7) is 2.08. The number of ether oxygens (including phenoxy) is 1. The molecular formula is C25H28N8O. The lowest BCUT2D eigenvalue weighted by atomic mass is 9.86. The maximum absolute atomic E-state index is 5.33. The molecule has 9 nitrogen and oxygen atoms in total. The molecule has 0 atom stereocenters. The highest BCUT2D eigenvalue weighted by atomic mass is 16.5. The van der Waals surface area contributed by atoms with Crippen molar-refractivity contribution in [3.63, 3.8) is 0 Å². The van der Waals surface area contributed by atoms with Crippen LogP contribution in [0.15, 0.2) is 55.1 Å². The molecule has 6 rings (SSSR count). The van der Waals surface area contributed by atoms with Crippen molar-refractivity contribution in [3.05, 3.63) is 55.1 Å². The van der Waals surface area contributed by atoms with E-state index >= 15 is 0 Å². The van der Waals surface area contributed by atoms with E-state index in [1.165, 1.54) is 32.1 Å². The molecule has 0 aromatic carbocycles. The van der Waals surface area contributed by atoms with Crippen LogP contribution >= 0.6 is 0 Å². The summed E-state index contributed by atoms with van der Waals surface area (Å²) >= 11 is 0. The van der Waals surface area contributed by atoms with Gasteiger partial charge in [0.25, 0.3) is 0 Å². The minimum absolute atomic E-state index is 0.451. The van der Waals surface area contributed by atoms with E-state index < -0.39 is 0 Å². The quantitative estimate of drug-likeness (QED) is 0.428. The zero-order chi connectivity index (χ0) is 23.0. The first-order chi connectivity index (χ1) is 16.7. The molecule has 2 aliphatic rings. The molecule has 2 N–H and O–H groups in total. The van der Waals surface area contributed by atoms with Crippen molar-refractivity contribution < 1.29 is 4.74 Å². The number of pyridine rings is 2. The topological polar surface area (TPSA) is 92.5 Å². The highest BCUT2D eigenvalue weighted by Gasteiger charge is 2.40. The number of rotatable bonds is 6. The Balaban J connectivity index is 1.32. The van der Waals surface area contributed by atoms with E-state index in [0.29, 0.717) is 17.2 Å². The van der Waals surface area contributed by atoms with E-state index in [-0.39, 0.29) is 0 Å². The van der Waals surface area contributed by atoms with Gasteiger partial charge in [-0.3, -0.25) is 0 Å². The van der Waals surface area contributed by atoms with Crippen molar-refractivity contribution in [3.8, 4) is 5.75 Å². The number of imidazole rings is 1. The SMILES string of the molecule is COc1ccnc(Nc2nc(Nc3ccn4ccnc4c3)cc(N3CCC4(CCCC4)C3)n2)c1. The minimum atomic E-state index is 0.451. The molecule has 1 saturated heterocycles. The molecule has 2 fully saturated rings. The number of nitrogens with zero attached hydrogens (tertiary/aromatic N) is 6. The Morgan fingerprint density at radius 3 is 2.71 bits per heavy atom. The summed E-state index contributed by atoms with van der Waals surface area (Å²) in [5, 5.41) is 6.70. The molecule has 34 heavy (non-hydrogen) atoms. The van der Waals surface area contributed by atoms with E-state index in [4.69, 9.17) is 14.7 Å². The predicted molar refractivity (Wildman–Crippen MR) is 132 cm³/mol. The van der Waals surface area contributed by atoms with Crippen LogP contribution in [0.25, 0.3) is 5.65 Å². The first kappa shape index (κ1) is 20.7. The summed E-state index contributed by atoms with van der Waals surface area (Å²) in [4.78, 5) is 20.8. The van der Waals surface area contributed by atoms with Gasteiger partial charge in [-0.05, 0) is 36.8 Å². The smallest absolute Gasteiger partial charge is 0.232 e. The second-order valence-electron chi connectivity index (χ2n) is 9.25. The van der Waals surface area contributed by atoms with E-state index in [1.807, 2.05) is 47.1 Å². The van der Waals surface area contributed by atoms with Crippen molar-refractivity contribution >= 4 is 34.7 Å². The van der Waals surface area contributed by atoms with Gasteiger partial charge in [-0.25, -0.2) is 9.97 Å². The van der Waals surface area contributed by atoms with Gasteiger partial charge in [-0.15, -0.1) is 0 Å². The Hall–Kier alpha value is -3.88. The maximum atomic E-state index is 5.33. The molecule has 4 aromatic rings. The molecule has 1 aliphatic heterocycles. The third kappa shape index (κ3) is 4.09. The zero-order valence-corrected chi connectivity index (χ0v) is 19.2. The Bertz CT molecular complexity index is 1310. The second-order valence-corrected chi connectivity index (χ2v) is 9.25. The number of nitrogens with one attached hydrogen (secondary N) is 2. The van der Waals surface area contributed by atoms with Crippen LogP contribution in [0, 0.1) is 5.41 Å². The number of methoxy groups -OCH3 is 1. The van der Waals surface area contributed by atoms with E-state index in [2.05, 4.69) is 25.5 Å². The standard InChI is InChI=1S/C25H28N8O/c1-34-19-4-9-26-20(15-19)29-24-30-21(28-18-5-11-32-13-10-27-22(32)14-18)16-23(31-24)33-12-8-25(17-33)6-2-3-7-25/h4-5,9-11,13-16H,2-3,6-8,12,17H2,1H3,(H2,26,28,29,30,31). The molecule has 4 aromatic heterocycles. The summed E-state index contributed by atoms with van der Waals surface area (Å²) in [5.41, 5.74) is 2.25. The monoisotopic (exact) mass is 456 g/mol. The third-order valence-corrected chi connectivity index (χ3v) is 7.02. The number of hydrogen-bond donors (Lipinski definition) is 2. The van der Waals surface area contributed by atoms with Gasteiger partial charge in [-0.1, -0.05) is 12.8 Å². The average Bonchev–Trinajstić information content (AvgIpc) is 3.61. The molecule has 1 spiro atoms. The number of hydrogen-bond acceptors (Lipinski definition) is 8. The third-order valence-electron chi connectivity index (χ3n) is 7.02. The molecular weight excluding hydrogens is 428 g/mol. The van der Waals surface area contributed by atoms with Gasteiger partial charge in [0.05, 0.1) is 7.11 Å². The van der Waals surface area contributed by atoms with Gasteiger partial charge in [-0.2, -0.15) is 9.97 Å². The fourth-order valence-corrected chi connectivity index (χ4v) is 5.24. The van der Waals surface area contributed by atoms with Crippen LogP contribution in [-0.4, -0.2) is 44.5 Å². The number of anilines is 5. The number of fused-ring (bicyclic) bond motifs is 1. The number of aromatic nitrogens is 5. The van der Waals surface area contributed by atoms with Crippen molar-refractivity contribution in [2.24, 2.45) is 5.41 Å². The van der Waals surface area contributed by atoms with Gasteiger partial charge in [0.15, 0.2) is 0 Å². The van der Waals surface area contributed by atoms with Crippen LogP contribution in [0.5, 0.6) is 5.75 Å². The largest absolute Gasteiger partial charge is 0.497 e. The molecule has 5 heterocycles. The Labute approximate surface area is 198 Å². The highest BCUT2D eigenvalue weighted by Crippen LogP contribution is 2.46. The molecule has 0 radical (unpaired) electrons. The molecule has 1 saturated carbocycles. The first-order valence-corrected chi connectivity index (χ1v) is 11.8. The first-order valence-electron chi connectivity index (χ1n) is 11.8. The Morgan fingerprint density at radius 2 is 1.82 bits per heavy atom.